The molecule has 3 heterocycles. The minimum atomic E-state index is -0.684. The fourth-order valence-electron chi connectivity index (χ4n) is 5.44. The molecule has 0 spiro atoms. The maximum Gasteiger partial charge on any atom is 0.322 e. The number of amides is 4. The normalized spacial score (nSPS) is 20.2. The number of urea groups is 1. The molecule has 0 saturated carbocycles. The van der Waals surface area contributed by atoms with Gasteiger partial charge in [0.25, 0.3) is 5.91 Å². The van der Waals surface area contributed by atoms with Crippen LogP contribution in [0.15, 0.2) is 78.5 Å². The highest BCUT2D eigenvalue weighted by Gasteiger charge is 2.48. The first kappa shape index (κ1) is 26.5. The van der Waals surface area contributed by atoms with Crippen molar-refractivity contribution in [1.29, 1.82) is 0 Å². The third-order valence-corrected chi connectivity index (χ3v) is 7.27. The first-order valence-electron chi connectivity index (χ1n) is 13.3. The maximum absolute atomic E-state index is 14.1. The molecule has 1 saturated heterocycles. The minimum Gasteiger partial charge on any atom is -0.457 e. The molecule has 9 heteroatoms. The number of carbonyl (C=O) groups is 3. The topological polar surface area (TPSA) is 91.4 Å². The van der Waals surface area contributed by atoms with E-state index in [2.05, 4.69) is 11.9 Å². The Balaban J connectivity index is 1.49. The Morgan fingerprint density at radius 3 is 2.51 bits per heavy atom. The Hall–Kier alpha value is -4.11. The number of benzene rings is 2. The molecule has 1 fully saturated rings. The molecule has 4 amide bonds. The number of hydrogen-bond donors (Lipinski definition) is 1. The van der Waals surface area contributed by atoms with Gasteiger partial charge in [0.05, 0.1) is 37.1 Å². The van der Waals surface area contributed by atoms with E-state index in [4.69, 9.17) is 9.47 Å². The molecule has 3 aliphatic heterocycles. The van der Waals surface area contributed by atoms with Gasteiger partial charge in [-0.15, -0.1) is 6.58 Å². The Bertz CT molecular complexity index is 1290. The molecule has 9 nitrogen and oxygen atoms in total. The summed E-state index contributed by atoms with van der Waals surface area (Å²) in [4.78, 5) is 46.0. The monoisotopic (exact) mass is 530 g/mol. The van der Waals surface area contributed by atoms with Crippen LogP contribution in [0.5, 0.6) is 11.5 Å². The first-order valence-corrected chi connectivity index (χ1v) is 13.3. The van der Waals surface area contributed by atoms with Crippen LogP contribution in [0, 0.1) is 5.92 Å². The zero-order valence-corrected chi connectivity index (χ0v) is 22.3. The number of hydrogen-bond acceptors (Lipinski definition) is 5. The van der Waals surface area contributed by atoms with E-state index in [0.717, 1.165) is 5.56 Å². The van der Waals surface area contributed by atoms with Crippen molar-refractivity contribution < 1.29 is 23.9 Å². The number of ether oxygens (including phenoxy) is 2. The molecule has 39 heavy (non-hydrogen) atoms. The van der Waals surface area contributed by atoms with Gasteiger partial charge in [0.1, 0.15) is 17.5 Å². The van der Waals surface area contributed by atoms with E-state index in [1.54, 1.807) is 15.9 Å². The van der Waals surface area contributed by atoms with Crippen LogP contribution in [0.25, 0.3) is 0 Å². The Morgan fingerprint density at radius 1 is 1.10 bits per heavy atom. The summed E-state index contributed by atoms with van der Waals surface area (Å²) in [6.07, 6.45) is 1.63. The summed E-state index contributed by atoms with van der Waals surface area (Å²) in [5.41, 5.74) is 1.79. The van der Waals surface area contributed by atoms with Crippen LogP contribution in [0.2, 0.25) is 0 Å². The molecule has 0 aliphatic carbocycles. The van der Waals surface area contributed by atoms with Crippen molar-refractivity contribution in [2.75, 3.05) is 39.4 Å². The van der Waals surface area contributed by atoms with E-state index >= 15 is 0 Å². The summed E-state index contributed by atoms with van der Waals surface area (Å²) in [7, 11) is 0. The van der Waals surface area contributed by atoms with Gasteiger partial charge in [0, 0.05) is 19.6 Å². The number of carbonyl (C=O) groups excluding carboxylic acids is 3. The Labute approximate surface area is 228 Å². The van der Waals surface area contributed by atoms with E-state index in [-0.39, 0.29) is 36.9 Å². The molecule has 2 aromatic carbocycles. The molecule has 2 aromatic rings. The largest absolute Gasteiger partial charge is 0.457 e. The standard InChI is InChI=1S/C30H34N4O5/c1-4-13-33-24-19-34(27(20(2)3)29(36)32-14-16-38-17-15-32)28(35)25(24)26(31-30(33)37)21-9-8-12-23(18-21)39-22-10-6-5-7-11-22/h4-12,18,20,26-27H,1,13-17,19H2,2-3H3,(H,31,37). The molecule has 0 bridgehead atoms. The van der Waals surface area contributed by atoms with Gasteiger partial charge in [0.15, 0.2) is 0 Å². The van der Waals surface area contributed by atoms with Crippen molar-refractivity contribution in [2.24, 2.45) is 5.92 Å². The Morgan fingerprint density at radius 2 is 1.82 bits per heavy atom. The lowest BCUT2D eigenvalue weighted by atomic mass is 9.95. The van der Waals surface area contributed by atoms with Crippen LogP contribution in [-0.4, -0.2) is 78.0 Å². The summed E-state index contributed by atoms with van der Waals surface area (Å²) in [5, 5.41) is 3.01. The van der Waals surface area contributed by atoms with Crippen molar-refractivity contribution in [3.8, 4) is 11.5 Å². The van der Waals surface area contributed by atoms with E-state index in [9.17, 15) is 14.4 Å². The number of rotatable bonds is 8. The summed E-state index contributed by atoms with van der Waals surface area (Å²) < 4.78 is 11.4. The minimum absolute atomic E-state index is 0.0918. The van der Waals surface area contributed by atoms with Gasteiger partial charge in [-0.1, -0.05) is 50.3 Å². The molecule has 0 radical (unpaired) electrons. The zero-order valence-electron chi connectivity index (χ0n) is 22.3. The highest BCUT2D eigenvalue weighted by molar-refractivity contribution is 6.03. The molecule has 0 aromatic heterocycles. The van der Waals surface area contributed by atoms with Crippen LogP contribution in [0.3, 0.4) is 0 Å². The van der Waals surface area contributed by atoms with Crippen LogP contribution in [-0.2, 0) is 14.3 Å². The fraction of sp³-hybridized carbons (Fsp3) is 0.367. The molecule has 204 valence electrons. The smallest absolute Gasteiger partial charge is 0.322 e. The van der Waals surface area contributed by atoms with Crippen molar-refractivity contribution >= 4 is 17.8 Å². The molecule has 5 rings (SSSR count). The number of nitrogens with zero attached hydrogens (tertiary/aromatic N) is 3. The first-order chi connectivity index (χ1) is 18.9. The SMILES string of the molecule is C=CCN1C(=O)NC(c2cccc(Oc3ccccc3)c2)C2=C1CN(C(C(=O)N1CCOCC1)C(C)C)C2=O. The van der Waals surface area contributed by atoms with Crippen molar-refractivity contribution in [3.63, 3.8) is 0 Å². The summed E-state index contributed by atoms with van der Waals surface area (Å²) in [6, 6.07) is 15.1. The quantitative estimate of drug-likeness (QED) is 0.526. The lowest BCUT2D eigenvalue weighted by Crippen LogP contribution is -2.55. The number of morpholine rings is 1. The van der Waals surface area contributed by atoms with E-state index in [1.807, 2.05) is 68.4 Å². The molecule has 2 atom stereocenters. The second-order valence-electron chi connectivity index (χ2n) is 10.2. The van der Waals surface area contributed by atoms with Crippen molar-refractivity contribution in [3.05, 3.63) is 84.1 Å². The third-order valence-electron chi connectivity index (χ3n) is 7.27. The molecule has 2 unspecified atom stereocenters. The van der Waals surface area contributed by atoms with Gasteiger partial charge in [-0.2, -0.15) is 0 Å². The predicted octanol–water partition coefficient (Wildman–Crippen LogP) is 3.71. The average Bonchev–Trinajstić information content (AvgIpc) is 3.27. The highest BCUT2D eigenvalue weighted by atomic mass is 16.5. The molecule has 1 N–H and O–H groups in total. The maximum atomic E-state index is 14.1. The third kappa shape index (κ3) is 5.27. The number of nitrogens with one attached hydrogen (secondary N) is 1. The average molecular weight is 531 g/mol. The van der Waals surface area contributed by atoms with Gasteiger partial charge in [0.2, 0.25) is 5.91 Å². The van der Waals surface area contributed by atoms with E-state index in [1.165, 1.54) is 4.90 Å². The lowest BCUT2D eigenvalue weighted by Gasteiger charge is -2.36. The highest BCUT2D eigenvalue weighted by Crippen LogP contribution is 2.39. The van der Waals surface area contributed by atoms with Gasteiger partial charge in [-0.25, -0.2) is 4.79 Å². The van der Waals surface area contributed by atoms with Crippen LogP contribution >= 0.6 is 0 Å². The van der Waals surface area contributed by atoms with Crippen molar-refractivity contribution in [2.45, 2.75) is 25.9 Å². The van der Waals surface area contributed by atoms with Crippen LogP contribution in [0.4, 0.5) is 4.79 Å². The lowest BCUT2D eigenvalue weighted by molar-refractivity contribution is -0.147. The molecule has 3 aliphatic rings. The second-order valence-corrected chi connectivity index (χ2v) is 10.2. The summed E-state index contributed by atoms with van der Waals surface area (Å²) in [5.74, 6) is 0.810. The van der Waals surface area contributed by atoms with E-state index < -0.39 is 12.1 Å². The zero-order chi connectivity index (χ0) is 27.5. The van der Waals surface area contributed by atoms with Gasteiger partial charge in [-0.3, -0.25) is 14.5 Å². The van der Waals surface area contributed by atoms with Gasteiger partial charge in [-0.05, 0) is 35.7 Å². The summed E-state index contributed by atoms with van der Waals surface area (Å²) >= 11 is 0. The van der Waals surface area contributed by atoms with Gasteiger partial charge >= 0.3 is 6.03 Å². The fourth-order valence-corrected chi connectivity index (χ4v) is 5.44. The summed E-state index contributed by atoms with van der Waals surface area (Å²) in [6.45, 7) is 10.1. The second kappa shape index (κ2) is 11.3. The van der Waals surface area contributed by atoms with Crippen LogP contribution in [0.1, 0.15) is 25.5 Å². The van der Waals surface area contributed by atoms with Crippen molar-refractivity contribution in [1.82, 2.24) is 20.0 Å². The molecular weight excluding hydrogens is 496 g/mol. The van der Waals surface area contributed by atoms with E-state index in [0.29, 0.717) is 49.1 Å². The Kier molecular flexibility index (Phi) is 7.70. The van der Waals surface area contributed by atoms with Gasteiger partial charge < -0.3 is 24.6 Å². The molecular formula is C30H34N4O5. The number of para-hydroxylation sites is 1. The van der Waals surface area contributed by atoms with Crippen LogP contribution < -0.4 is 10.1 Å². The predicted molar refractivity (Wildman–Crippen MR) is 146 cm³/mol.